The monoisotopic (exact) mass is 400 g/mol. The number of amides is 1. The number of rotatable bonds is 4. The molecule has 0 saturated carbocycles. The molecule has 3 nitrogen and oxygen atoms in total. The van der Waals surface area contributed by atoms with Gasteiger partial charge in [-0.25, -0.2) is 0 Å². The second-order valence-corrected chi connectivity index (χ2v) is 7.53. The Labute approximate surface area is 165 Å². The molecule has 3 aromatic rings. The molecule has 0 bridgehead atoms. The maximum Gasteiger partial charge on any atom is 0.265 e. The van der Waals surface area contributed by atoms with Crippen LogP contribution in [0, 0.1) is 18.3 Å². The van der Waals surface area contributed by atoms with Crippen LogP contribution in [-0.4, -0.2) is 5.91 Å². The Hall–Kier alpha value is -2.32. The fourth-order valence-electron chi connectivity index (χ4n) is 2.63. The Morgan fingerprint density at radius 3 is 2.54 bits per heavy atom. The molecule has 1 N–H and O–H groups in total. The van der Waals surface area contributed by atoms with Gasteiger partial charge in [0.25, 0.3) is 5.91 Å². The van der Waals surface area contributed by atoms with Crippen molar-refractivity contribution in [3.8, 4) is 6.07 Å². The quantitative estimate of drug-likeness (QED) is 0.560. The molecule has 0 aliphatic rings. The topological polar surface area (TPSA) is 52.9 Å². The summed E-state index contributed by atoms with van der Waals surface area (Å²) in [6, 6.07) is 16.5. The van der Waals surface area contributed by atoms with Crippen LogP contribution in [0.15, 0.2) is 53.9 Å². The van der Waals surface area contributed by atoms with Gasteiger partial charge in [-0.3, -0.25) is 4.79 Å². The van der Waals surface area contributed by atoms with Gasteiger partial charge in [0.1, 0.15) is 0 Å². The van der Waals surface area contributed by atoms with Crippen LogP contribution in [-0.2, 0) is 0 Å². The highest BCUT2D eigenvalue weighted by atomic mass is 35.5. The van der Waals surface area contributed by atoms with Crippen molar-refractivity contribution in [2.24, 2.45) is 0 Å². The minimum Gasteiger partial charge on any atom is -0.321 e. The molecular formula is C20H14Cl2N2OS. The standard InChI is InChI=1S/C20H14Cl2N2OS/c1-12-9-15(16(11-23)13-4-6-14(21)7-5-13)17(22)10-18(12)24-20(25)19-3-2-8-26-19/h2-10,16H,1H3,(H,24,25)/t16-/m1/s1. The zero-order valence-electron chi connectivity index (χ0n) is 13.8. The number of hydrogen-bond donors (Lipinski definition) is 1. The van der Waals surface area contributed by atoms with E-state index < -0.39 is 5.92 Å². The second kappa shape index (κ2) is 7.92. The SMILES string of the molecule is Cc1cc([C@H](C#N)c2ccc(Cl)cc2)c(Cl)cc1NC(=O)c1cccs1. The summed E-state index contributed by atoms with van der Waals surface area (Å²) in [6.07, 6.45) is 0. The van der Waals surface area contributed by atoms with Gasteiger partial charge >= 0.3 is 0 Å². The van der Waals surface area contributed by atoms with Crippen LogP contribution in [0.4, 0.5) is 5.69 Å². The maximum atomic E-state index is 12.3. The highest BCUT2D eigenvalue weighted by Gasteiger charge is 2.19. The number of benzene rings is 2. The van der Waals surface area contributed by atoms with Crippen LogP contribution in [0.5, 0.6) is 0 Å². The highest BCUT2D eigenvalue weighted by molar-refractivity contribution is 7.12. The lowest BCUT2D eigenvalue weighted by molar-refractivity contribution is 0.103. The van der Waals surface area contributed by atoms with Crippen LogP contribution in [0.3, 0.4) is 0 Å². The number of aryl methyl sites for hydroxylation is 1. The van der Waals surface area contributed by atoms with Crippen LogP contribution in [0.1, 0.15) is 32.3 Å². The molecule has 0 fully saturated rings. The molecule has 0 spiro atoms. The summed E-state index contributed by atoms with van der Waals surface area (Å²) in [5, 5.41) is 15.4. The first-order valence-electron chi connectivity index (χ1n) is 7.79. The average molecular weight is 401 g/mol. The summed E-state index contributed by atoms with van der Waals surface area (Å²) < 4.78 is 0. The molecule has 3 rings (SSSR count). The van der Waals surface area contributed by atoms with E-state index in [1.54, 1.807) is 24.3 Å². The average Bonchev–Trinajstić information content (AvgIpc) is 3.16. The lowest BCUT2D eigenvalue weighted by atomic mass is 9.91. The van der Waals surface area contributed by atoms with Crippen molar-refractivity contribution in [3.63, 3.8) is 0 Å². The fraction of sp³-hybridized carbons (Fsp3) is 0.100. The summed E-state index contributed by atoms with van der Waals surface area (Å²) in [5.41, 5.74) is 2.98. The van der Waals surface area contributed by atoms with Gasteiger partial charge in [0.2, 0.25) is 0 Å². The van der Waals surface area contributed by atoms with Crippen molar-refractivity contribution < 1.29 is 4.79 Å². The van der Waals surface area contributed by atoms with E-state index in [1.165, 1.54) is 11.3 Å². The molecule has 1 aromatic heterocycles. The molecule has 0 radical (unpaired) electrons. The van der Waals surface area contributed by atoms with Crippen LogP contribution < -0.4 is 5.32 Å². The van der Waals surface area contributed by atoms with Gasteiger partial charge < -0.3 is 5.32 Å². The van der Waals surface area contributed by atoms with Gasteiger partial charge in [0.05, 0.1) is 16.9 Å². The number of halogens is 2. The zero-order valence-corrected chi connectivity index (χ0v) is 16.1. The third kappa shape index (κ3) is 3.91. The number of thiophene rings is 1. The predicted molar refractivity (Wildman–Crippen MR) is 107 cm³/mol. The van der Waals surface area contributed by atoms with Gasteiger partial charge in [-0.15, -0.1) is 11.3 Å². The van der Waals surface area contributed by atoms with Gasteiger partial charge in [0.15, 0.2) is 0 Å². The van der Waals surface area contributed by atoms with Crippen molar-refractivity contribution in [2.45, 2.75) is 12.8 Å². The smallest absolute Gasteiger partial charge is 0.265 e. The number of carbonyl (C=O) groups excluding carboxylic acids is 1. The molecule has 2 aromatic carbocycles. The molecule has 1 atom stereocenters. The number of nitrogens with zero attached hydrogens (tertiary/aromatic N) is 1. The van der Waals surface area contributed by atoms with Crippen molar-refractivity contribution in [2.75, 3.05) is 5.32 Å². The van der Waals surface area contributed by atoms with Crippen molar-refractivity contribution >= 4 is 46.1 Å². The largest absolute Gasteiger partial charge is 0.321 e. The third-order valence-corrected chi connectivity index (χ3v) is 5.43. The minimum atomic E-state index is -0.513. The molecule has 26 heavy (non-hydrogen) atoms. The van der Waals surface area contributed by atoms with Crippen LogP contribution >= 0.6 is 34.5 Å². The molecule has 0 unspecified atom stereocenters. The second-order valence-electron chi connectivity index (χ2n) is 5.73. The molecular weight excluding hydrogens is 387 g/mol. The normalized spacial score (nSPS) is 11.6. The molecule has 0 aliphatic heterocycles. The van der Waals surface area contributed by atoms with Gasteiger partial charge in [-0.1, -0.05) is 47.5 Å². The van der Waals surface area contributed by atoms with E-state index in [0.29, 0.717) is 26.2 Å². The summed E-state index contributed by atoms with van der Waals surface area (Å²) in [7, 11) is 0. The van der Waals surface area contributed by atoms with Crippen LogP contribution in [0.25, 0.3) is 0 Å². The van der Waals surface area contributed by atoms with E-state index in [1.807, 2.05) is 36.6 Å². The summed E-state index contributed by atoms with van der Waals surface area (Å²) in [5.74, 6) is -0.693. The van der Waals surface area contributed by atoms with Crippen molar-refractivity contribution in [1.29, 1.82) is 5.26 Å². The first kappa shape index (κ1) is 18.5. The zero-order chi connectivity index (χ0) is 18.7. The molecule has 1 heterocycles. The van der Waals surface area contributed by atoms with Crippen molar-refractivity contribution in [3.05, 3.63) is 85.5 Å². The molecule has 130 valence electrons. The first-order chi connectivity index (χ1) is 12.5. The van der Waals surface area contributed by atoms with E-state index in [4.69, 9.17) is 23.2 Å². The number of nitriles is 1. The predicted octanol–water partition coefficient (Wildman–Crippen LogP) is 6.27. The first-order valence-corrected chi connectivity index (χ1v) is 9.43. The van der Waals surface area contributed by atoms with E-state index in [2.05, 4.69) is 11.4 Å². The van der Waals surface area contributed by atoms with Crippen LogP contribution in [0.2, 0.25) is 10.0 Å². The lowest BCUT2D eigenvalue weighted by Gasteiger charge is -2.16. The number of hydrogen-bond acceptors (Lipinski definition) is 3. The Morgan fingerprint density at radius 2 is 1.92 bits per heavy atom. The van der Waals surface area contributed by atoms with Crippen molar-refractivity contribution in [1.82, 2.24) is 0 Å². The third-order valence-electron chi connectivity index (χ3n) is 3.98. The minimum absolute atomic E-state index is 0.179. The number of anilines is 1. The lowest BCUT2D eigenvalue weighted by Crippen LogP contribution is -2.12. The van der Waals surface area contributed by atoms with E-state index in [0.717, 1.165) is 11.1 Å². The van der Waals surface area contributed by atoms with E-state index in [-0.39, 0.29) is 5.91 Å². The Morgan fingerprint density at radius 1 is 1.19 bits per heavy atom. The number of carbonyl (C=O) groups is 1. The molecule has 0 aliphatic carbocycles. The van der Waals surface area contributed by atoms with Gasteiger partial charge in [-0.05, 0) is 53.3 Å². The van der Waals surface area contributed by atoms with Gasteiger partial charge in [-0.2, -0.15) is 5.26 Å². The van der Waals surface area contributed by atoms with E-state index >= 15 is 0 Å². The Bertz CT molecular complexity index is 976. The summed E-state index contributed by atoms with van der Waals surface area (Å²) in [4.78, 5) is 12.9. The van der Waals surface area contributed by atoms with Gasteiger partial charge in [0, 0.05) is 15.7 Å². The Balaban J connectivity index is 1.92. The fourth-order valence-corrected chi connectivity index (χ4v) is 3.65. The highest BCUT2D eigenvalue weighted by Crippen LogP contribution is 2.34. The number of nitrogens with one attached hydrogen (secondary N) is 1. The Kier molecular flexibility index (Phi) is 5.63. The summed E-state index contributed by atoms with van der Waals surface area (Å²) in [6.45, 7) is 1.88. The molecule has 0 saturated heterocycles. The van der Waals surface area contributed by atoms with E-state index in [9.17, 15) is 10.1 Å². The molecule has 6 heteroatoms. The molecule has 1 amide bonds. The maximum absolute atomic E-state index is 12.3. The summed E-state index contributed by atoms with van der Waals surface area (Å²) >= 11 is 13.7.